The maximum atomic E-state index is 13.4. The van der Waals surface area contributed by atoms with Gasteiger partial charge in [-0.25, -0.2) is 39.5 Å². The zero-order chi connectivity index (χ0) is 109. The van der Waals surface area contributed by atoms with E-state index in [1.165, 1.54) is 239 Å². The topological polar surface area (TPSA) is 78.9 Å². The first kappa shape index (κ1) is 123. The molecule has 9 aromatic carbocycles. The lowest BCUT2D eigenvalue weighted by Crippen LogP contribution is -2.25. The molecule has 0 bridgehead atoms. The quantitative estimate of drug-likeness (QED) is 0.0484. The summed E-state index contributed by atoms with van der Waals surface area (Å²) in [6, 6.07) is 49.9. The Labute approximate surface area is 898 Å². The molecule has 150 heavy (non-hydrogen) atoms. The molecule has 0 aromatic heterocycles. The SMILES string of the molecule is Cc1c(F)cc(C2CCC(C)CC2)cc1F.Cc1c(F)cc(CCC2CCC(C)CC2)cc1F.Cc1c(F)cc(OC(=O)C2CCC(C)CC2)cc1F.Cc1ccc(C2CCC(C)CC2)cc1.Cc1ccc(C2CCC(C)CC2)cc1F.Cc1ccc(CCC2CCC(C)CC2)cc1.Cc1ccc(CCC2CCC(C)CC2)cc1F.Cc1ccc(OC(=O)C2CCC(C)CC2)cc1.Cc1ccc(OC(=O)C2CCC(C)CC2)cc1F. The van der Waals surface area contributed by atoms with Gasteiger partial charge in [0.15, 0.2) is 0 Å². The van der Waals surface area contributed by atoms with E-state index in [1.54, 1.807) is 36.8 Å². The van der Waals surface area contributed by atoms with E-state index in [2.05, 4.69) is 137 Å². The zero-order valence-electron chi connectivity index (χ0n) is 94.5. The molecule has 0 N–H and O–H groups in total. The molecular weight excluding hydrogens is 1890 g/mol. The van der Waals surface area contributed by atoms with Crippen molar-refractivity contribution in [2.75, 3.05) is 0 Å². The normalized spacial score (nSPS) is 25.0. The first-order valence-electron chi connectivity index (χ1n) is 58.1. The molecule has 0 aliphatic heterocycles. The average Bonchev–Trinajstić information content (AvgIpc) is 0.824. The van der Waals surface area contributed by atoms with Crippen molar-refractivity contribution in [3.8, 4) is 17.2 Å². The van der Waals surface area contributed by atoms with E-state index in [4.69, 9.17) is 14.2 Å². The summed E-state index contributed by atoms with van der Waals surface area (Å²) in [5, 5.41) is 0. The van der Waals surface area contributed by atoms with Gasteiger partial charge < -0.3 is 14.2 Å². The third-order valence-electron chi connectivity index (χ3n) is 34.8. The summed E-state index contributed by atoms with van der Waals surface area (Å²) in [6.07, 6.45) is 50.2. The second-order valence-electron chi connectivity index (χ2n) is 48.0. The Bertz CT molecular complexity index is 5430. The fraction of sp³-hybridized carbons (Fsp3) is 0.578. The molecule has 822 valence electrons. The molecule has 0 unspecified atom stereocenters. The standard InChI is InChI=1S/C16H22F2.C16H23F.C16H24.C15H18F2O2.C15H19FO2.C15H20O2.C14H18F2.C14H19F.C14H20/c1-11-3-5-13(6-4-11)7-8-14-9-15(17)12(2)16(18)10-14;1-12-3-6-14(7-4-12)9-10-15-8-5-13(2)16(17)11-15;1-13-3-7-15(8-4-13)11-12-16-9-5-14(2)6-10-16;1-9-3-5-11(6-4-9)15(18)19-12-7-13(16)10(2)14(17)8-12;1-10-3-6-12(7-4-10)15(17)18-13-8-5-11(2)14(16)9-13;1-11-3-7-13(8-4-11)15(16)17-14-9-5-12(2)6-10-14;1-9-3-5-11(6-4-9)12-7-13(15)10(2)14(16)8-12;1-10-3-6-12(7-4-10)13-8-5-11(2)14(15)9-13;1-11-3-7-13(8-4-11)14-9-5-12(2)6-10-14/h9-11,13H,3-8H2,1-2H3;5,8,11-12,14H,3-4,6-7,9-10H2,1-2H3;3-4,7-8,14,16H,5-6,9-12H2,1-2H3;7-9,11H,3-6H2,1-2H3;5,8-10,12H,3-4,6-7H2,1-2H3;5-6,9-11,13H,3-4,7-8H2,1-2H3;7-9,11H,3-6H2,1-2H3;5,8-10,12H,3-4,6-7H2,1-2H3;3-4,7-8,12,14H,5-6,9-10H2,1-2H3. The van der Waals surface area contributed by atoms with Crippen LogP contribution in [0.3, 0.4) is 0 Å². The molecule has 0 radical (unpaired) electrons. The lowest BCUT2D eigenvalue weighted by atomic mass is 9.79. The van der Waals surface area contributed by atoms with Crippen LogP contribution in [0.4, 0.5) is 39.5 Å². The van der Waals surface area contributed by atoms with Crippen LogP contribution in [0, 0.1) is 203 Å². The molecule has 9 aliphatic carbocycles. The van der Waals surface area contributed by atoms with Gasteiger partial charge >= 0.3 is 17.9 Å². The van der Waals surface area contributed by atoms with E-state index >= 15 is 0 Å². The Morgan fingerprint density at radius 2 is 0.440 bits per heavy atom. The molecule has 0 amide bonds. The number of aryl methyl sites for hydroxylation is 9. The molecule has 9 aliphatic rings. The summed E-state index contributed by atoms with van der Waals surface area (Å²) >= 11 is 0. The third-order valence-corrected chi connectivity index (χ3v) is 34.8. The van der Waals surface area contributed by atoms with Crippen LogP contribution in [0.1, 0.15) is 414 Å². The Hall–Kier alpha value is -9.24. The van der Waals surface area contributed by atoms with E-state index < -0.39 is 34.9 Å². The Balaban J connectivity index is 0.000000173. The van der Waals surface area contributed by atoms with E-state index in [-0.39, 0.29) is 75.6 Å². The van der Waals surface area contributed by atoms with Crippen molar-refractivity contribution in [1.82, 2.24) is 0 Å². The third kappa shape index (κ3) is 42.6. The molecule has 6 nitrogen and oxygen atoms in total. The van der Waals surface area contributed by atoms with Crippen LogP contribution in [0.2, 0.25) is 0 Å². The Kier molecular flexibility index (Phi) is 51.4. The van der Waals surface area contributed by atoms with Crippen molar-refractivity contribution >= 4 is 17.9 Å². The van der Waals surface area contributed by atoms with Gasteiger partial charge in [0, 0.05) is 34.9 Å². The van der Waals surface area contributed by atoms with Crippen LogP contribution in [0.25, 0.3) is 0 Å². The molecule has 15 heteroatoms. The number of carbonyl (C=O) groups excluding carboxylic acids is 3. The Morgan fingerprint density at radius 1 is 0.213 bits per heavy atom. The van der Waals surface area contributed by atoms with Gasteiger partial charge in [-0.15, -0.1) is 0 Å². The molecule has 0 spiro atoms. The highest BCUT2D eigenvalue weighted by Crippen LogP contribution is 2.43. The molecule has 0 atom stereocenters. The summed E-state index contributed by atoms with van der Waals surface area (Å²) in [5.74, 6) is 8.55. The first-order valence-corrected chi connectivity index (χ1v) is 58.1. The molecule has 18 rings (SSSR count). The van der Waals surface area contributed by atoms with Gasteiger partial charge in [0.1, 0.15) is 69.6 Å². The number of ether oxygens (including phenoxy) is 3. The second kappa shape index (κ2) is 62.9. The second-order valence-corrected chi connectivity index (χ2v) is 48.0. The minimum atomic E-state index is -0.694. The monoisotopic (exact) mass is 2070 g/mol. The predicted octanol–water partition coefficient (Wildman–Crippen LogP) is 39.6. The molecule has 9 fully saturated rings. The lowest BCUT2D eigenvalue weighted by Gasteiger charge is -2.26. The van der Waals surface area contributed by atoms with Crippen LogP contribution >= 0.6 is 0 Å². The van der Waals surface area contributed by atoms with Gasteiger partial charge in [0.2, 0.25) is 0 Å². The summed E-state index contributed by atoms with van der Waals surface area (Å²) in [6.45, 7) is 36.6. The fourth-order valence-corrected chi connectivity index (χ4v) is 22.7. The molecule has 0 saturated heterocycles. The minimum absolute atomic E-state index is 0.0226. The first-order chi connectivity index (χ1) is 71.6. The van der Waals surface area contributed by atoms with Gasteiger partial charge in [-0.1, -0.05) is 286 Å². The average molecular weight is 2070 g/mol. The number of hydrogen-bond acceptors (Lipinski definition) is 6. The van der Waals surface area contributed by atoms with E-state index in [0.29, 0.717) is 40.7 Å². The number of benzene rings is 9. The number of halogens is 9. The van der Waals surface area contributed by atoms with Gasteiger partial charge in [-0.05, 0) is 410 Å². The smallest absolute Gasteiger partial charge is 0.314 e. The van der Waals surface area contributed by atoms with Crippen LogP contribution in [0.15, 0.2) is 164 Å². The minimum Gasteiger partial charge on any atom is -0.426 e. The number of rotatable bonds is 18. The van der Waals surface area contributed by atoms with Crippen molar-refractivity contribution in [3.63, 3.8) is 0 Å². The van der Waals surface area contributed by atoms with Crippen molar-refractivity contribution in [2.24, 2.45) is 88.8 Å². The van der Waals surface area contributed by atoms with Crippen molar-refractivity contribution in [3.05, 3.63) is 300 Å². The lowest BCUT2D eigenvalue weighted by molar-refractivity contribution is -0.141. The highest BCUT2D eigenvalue weighted by Gasteiger charge is 2.32. The van der Waals surface area contributed by atoms with Crippen LogP contribution in [-0.4, -0.2) is 17.9 Å². The molecule has 9 saturated carbocycles. The fourth-order valence-electron chi connectivity index (χ4n) is 22.7. The van der Waals surface area contributed by atoms with Crippen molar-refractivity contribution in [2.45, 2.75) is 412 Å². The van der Waals surface area contributed by atoms with E-state index in [0.717, 1.165) is 214 Å². The van der Waals surface area contributed by atoms with Crippen LogP contribution in [-0.2, 0) is 33.6 Å². The van der Waals surface area contributed by atoms with Crippen LogP contribution in [0.5, 0.6) is 17.2 Å². The van der Waals surface area contributed by atoms with Crippen molar-refractivity contribution in [1.29, 1.82) is 0 Å². The molecule has 0 heterocycles. The summed E-state index contributed by atoms with van der Waals surface area (Å²) in [7, 11) is 0. The highest BCUT2D eigenvalue weighted by atomic mass is 19.2. The summed E-state index contributed by atoms with van der Waals surface area (Å²) < 4.78 is 136. The summed E-state index contributed by atoms with van der Waals surface area (Å²) in [4.78, 5) is 35.8. The number of carbonyl (C=O) groups is 3. The summed E-state index contributed by atoms with van der Waals surface area (Å²) in [5.41, 5.74) is 13.3. The maximum absolute atomic E-state index is 13.4. The molecule has 9 aromatic rings. The Morgan fingerprint density at radius 3 is 0.793 bits per heavy atom. The largest absolute Gasteiger partial charge is 0.426 e. The number of hydrogen-bond donors (Lipinski definition) is 0. The van der Waals surface area contributed by atoms with Crippen molar-refractivity contribution < 1.29 is 68.1 Å². The van der Waals surface area contributed by atoms with E-state index in [9.17, 15) is 53.9 Å². The zero-order valence-corrected chi connectivity index (χ0v) is 94.5. The van der Waals surface area contributed by atoms with Gasteiger partial charge in [-0.3, -0.25) is 14.4 Å². The van der Waals surface area contributed by atoms with Gasteiger partial charge in [0.05, 0.1) is 17.8 Å². The van der Waals surface area contributed by atoms with Crippen LogP contribution < -0.4 is 14.2 Å². The van der Waals surface area contributed by atoms with E-state index in [1.807, 2.05) is 57.2 Å². The van der Waals surface area contributed by atoms with Gasteiger partial charge in [-0.2, -0.15) is 0 Å². The number of esters is 3. The van der Waals surface area contributed by atoms with Gasteiger partial charge in [0.25, 0.3) is 0 Å². The molecular formula is C135H183F9O6. The predicted molar refractivity (Wildman–Crippen MR) is 600 cm³/mol. The maximum Gasteiger partial charge on any atom is 0.314 e. The highest BCUT2D eigenvalue weighted by molar-refractivity contribution is 5.76.